The monoisotopic (exact) mass is 391 g/mol. The van der Waals surface area contributed by atoms with Gasteiger partial charge in [0.2, 0.25) is 5.91 Å². The fourth-order valence-corrected chi connectivity index (χ4v) is 3.68. The predicted molar refractivity (Wildman–Crippen MR) is 110 cm³/mol. The van der Waals surface area contributed by atoms with Crippen LogP contribution >= 0.6 is 23.2 Å². The molecule has 1 heterocycles. The molecule has 2 aromatic rings. The topological polar surface area (TPSA) is 35.6 Å². The Labute approximate surface area is 164 Å². The van der Waals surface area contributed by atoms with Gasteiger partial charge >= 0.3 is 0 Å². The number of nitrogens with zero attached hydrogens (tertiary/aromatic N) is 2. The normalized spacial score (nSPS) is 15.1. The average Bonchev–Trinajstić information content (AvgIpc) is 2.66. The number of likely N-dealkylation sites (N-methyl/N-ethyl adjacent to an activating group) is 1. The summed E-state index contributed by atoms with van der Waals surface area (Å²) in [4.78, 5) is 17.1. The summed E-state index contributed by atoms with van der Waals surface area (Å²) in [6, 6.07) is 13.2. The highest BCUT2D eigenvalue weighted by Crippen LogP contribution is 2.25. The van der Waals surface area contributed by atoms with Crippen LogP contribution in [0.1, 0.15) is 12.5 Å². The molecule has 0 saturated carbocycles. The number of piperazine rings is 1. The van der Waals surface area contributed by atoms with Gasteiger partial charge in [-0.05, 0) is 48.5 Å². The number of anilines is 2. The zero-order valence-corrected chi connectivity index (χ0v) is 16.4. The Morgan fingerprint density at radius 1 is 1.00 bits per heavy atom. The maximum Gasteiger partial charge on any atom is 0.228 e. The smallest absolute Gasteiger partial charge is 0.228 e. The average molecular weight is 392 g/mol. The molecule has 0 aromatic heterocycles. The van der Waals surface area contributed by atoms with Crippen molar-refractivity contribution in [2.45, 2.75) is 13.3 Å². The van der Waals surface area contributed by atoms with Crippen LogP contribution in [0.3, 0.4) is 0 Å². The first-order valence-corrected chi connectivity index (χ1v) is 9.62. The number of amides is 1. The van der Waals surface area contributed by atoms with E-state index in [2.05, 4.69) is 34.2 Å². The van der Waals surface area contributed by atoms with Crippen molar-refractivity contribution in [1.29, 1.82) is 0 Å². The van der Waals surface area contributed by atoms with Crippen LogP contribution in [0.25, 0.3) is 0 Å². The second-order valence-electron chi connectivity index (χ2n) is 6.39. The van der Waals surface area contributed by atoms with Crippen molar-refractivity contribution in [2.75, 3.05) is 42.9 Å². The first-order chi connectivity index (χ1) is 12.6. The summed E-state index contributed by atoms with van der Waals surface area (Å²) in [5.41, 5.74) is 2.61. The van der Waals surface area contributed by atoms with Gasteiger partial charge in [-0.3, -0.25) is 4.79 Å². The molecule has 0 radical (unpaired) electrons. The van der Waals surface area contributed by atoms with E-state index in [4.69, 9.17) is 23.2 Å². The number of hydrogen-bond donors (Lipinski definition) is 1. The lowest BCUT2D eigenvalue weighted by atomic mass is 10.1. The third-order valence-electron chi connectivity index (χ3n) is 4.73. The molecule has 1 aliphatic heterocycles. The molecule has 0 aliphatic carbocycles. The molecule has 0 unspecified atom stereocenters. The van der Waals surface area contributed by atoms with E-state index < -0.39 is 0 Å². The number of halogens is 2. The van der Waals surface area contributed by atoms with Crippen LogP contribution in [0.4, 0.5) is 11.4 Å². The molecule has 26 heavy (non-hydrogen) atoms. The maximum atomic E-state index is 12.3. The molecule has 6 heteroatoms. The van der Waals surface area contributed by atoms with Gasteiger partial charge in [-0.1, -0.05) is 36.2 Å². The van der Waals surface area contributed by atoms with Crippen LogP contribution in [-0.4, -0.2) is 43.5 Å². The van der Waals surface area contributed by atoms with E-state index in [1.807, 2.05) is 12.1 Å². The summed E-state index contributed by atoms with van der Waals surface area (Å²) < 4.78 is 0. The van der Waals surface area contributed by atoms with Crippen LogP contribution in [0.5, 0.6) is 0 Å². The minimum Gasteiger partial charge on any atom is -0.369 e. The van der Waals surface area contributed by atoms with Gasteiger partial charge in [-0.2, -0.15) is 0 Å². The quantitative estimate of drug-likeness (QED) is 0.824. The van der Waals surface area contributed by atoms with Crippen LogP contribution in [0.15, 0.2) is 42.5 Å². The number of hydrogen-bond acceptors (Lipinski definition) is 3. The molecule has 138 valence electrons. The number of rotatable bonds is 5. The van der Waals surface area contributed by atoms with Gasteiger partial charge in [-0.25, -0.2) is 0 Å². The maximum absolute atomic E-state index is 12.3. The van der Waals surface area contributed by atoms with Crippen LogP contribution in [0.2, 0.25) is 10.0 Å². The molecule has 1 amide bonds. The van der Waals surface area contributed by atoms with Crippen molar-refractivity contribution < 1.29 is 4.79 Å². The summed E-state index contributed by atoms with van der Waals surface area (Å²) in [5, 5.41) is 3.93. The lowest BCUT2D eigenvalue weighted by Crippen LogP contribution is -2.46. The van der Waals surface area contributed by atoms with E-state index in [-0.39, 0.29) is 12.3 Å². The molecular formula is C20H23Cl2N3O. The van der Waals surface area contributed by atoms with Crippen molar-refractivity contribution >= 4 is 40.5 Å². The number of carbonyl (C=O) groups excluding carboxylic acids is 1. The van der Waals surface area contributed by atoms with Crippen molar-refractivity contribution in [3.63, 3.8) is 0 Å². The lowest BCUT2D eigenvalue weighted by Gasteiger charge is -2.35. The van der Waals surface area contributed by atoms with Crippen LogP contribution in [0, 0.1) is 0 Å². The van der Waals surface area contributed by atoms with E-state index in [0.717, 1.165) is 38.4 Å². The fraction of sp³-hybridized carbons (Fsp3) is 0.350. The van der Waals surface area contributed by atoms with Crippen molar-refractivity contribution in [3.05, 3.63) is 58.1 Å². The molecule has 4 nitrogen and oxygen atoms in total. The molecule has 1 fully saturated rings. The van der Waals surface area contributed by atoms with Crippen molar-refractivity contribution in [3.8, 4) is 0 Å². The Bertz CT molecular complexity index is 736. The summed E-state index contributed by atoms with van der Waals surface area (Å²) in [5.74, 6) is -0.135. The highest BCUT2D eigenvalue weighted by atomic mass is 35.5. The molecule has 1 aliphatic rings. The SMILES string of the molecule is CCN1CCN(c2ccc(NC(=O)Cc3c(Cl)cccc3Cl)cc2)CC1. The third-order valence-corrected chi connectivity index (χ3v) is 5.44. The third kappa shape index (κ3) is 4.70. The van der Waals surface area contributed by atoms with Crippen molar-refractivity contribution in [2.24, 2.45) is 0 Å². The molecule has 0 atom stereocenters. The van der Waals surface area contributed by atoms with Gasteiger partial charge in [0.1, 0.15) is 0 Å². The fourth-order valence-electron chi connectivity index (χ4n) is 3.14. The first-order valence-electron chi connectivity index (χ1n) is 8.87. The number of carbonyl (C=O) groups is 1. The zero-order chi connectivity index (χ0) is 18.5. The van der Waals surface area contributed by atoms with E-state index >= 15 is 0 Å². The second kappa shape index (κ2) is 8.76. The van der Waals surface area contributed by atoms with Gasteiger partial charge in [0, 0.05) is 47.6 Å². The summed E-state index contributed by atoms with van der Waals surface area (Å²) in [6.45, 7) is 7.55. The van der Waals surface area contributed by atoms with E-state index in [1.54, 1.807) is 18.2 Å². The van der Waals surface area contributed by atoms with E-state index in [0.29, 0.717) is 15.6 Å². The zero-order valence-electron chi connectivity index (χ0n) is 14.8. The van der Waals surface area contributed by atoms with Crippen molar-refractivity contribution in [1.82, 2.24) is 4.90 Å². The molecule has 0 bridgehead atoms. The molecule has 1 N–H and O–H groups in total. The van der Waals surface area contributed by atoms with Gasteiger partial charge in [0.25, 0.3) is 0 Å². The first kappa shape index (κ1) is 19.0. The minimum absolute atomic E-state index is 0.135. The Morgan fingerprint density at radius 3 is 2.19 bits per heavy atom. The van der Waals surface area contributed by atoms with Gasteiger partial charge in [0.05, 0.1) is 6.42 Å². The Balaban J connectivity index is 1.58. The van der Waals surface area contributed by atoms with E-state index in [9.17, 15) is 4.79 Å². The summed E-state index contributed by atoms with van der Waals surface area (Å²) in [7, 11) is 0. The van der Waals surface area contributed by atoms with Gasteiger partial charge < -0.3 is 15.1 Å². The second-order valence-corrected chi connectivity index (χ2v) is 7.21. The van der Waals surface area contributed by atoms with Crippen LogP contribution in [-0.2, 0) is 11.2 Å². The molecule has 1 saturated heterocycles. The minimum atomic E-state index is -0.135. The highest BCUT2D eigenvalue weighted by molar-refractivity contribution is 6.36. The number of nitrogens with one attached hydrogen (secondary N) is 1. The molecule has 0 spiro atoms. The van der Waals surface area contributed by atoms with Gasteiger partial charge in [0.15, 0.2) is 0 Å². The highest BCUT2D eigenvalue weighted by Gasteiger charge is 2.16. The largest absolute Gasteiger partial charge is 0.369 e. The Morgan fingerprint density at radius 2 is 1.62 bits per heavy atom. The standard InChI is InChI=1S/C20H23Cl2N3O/c1-2-24-10-12-25(13-11-24)16-8-6-15(7-9-16)23-20(26)14-17-18(21)4-3-5-19(17)22/h3-9H,2,10-14H2,1H3,(H,23,26). The predicted octanol–water partition coefficient (Wildman–Crippen LogP) is 4.32. The van der Waals surface area contributed by atoms with Crippen LogP contribution < -0.4 is 10.2 Å². The lowest BCUT2D eigenvalue weighted by molar-refractivity contribution is -0.115. The Kier molecular flexibility index (Phi) is 6.41. The summed E-state index contributed by atoms with van der Waals surface area (Å²) in [6.07, 6.45) is 0.152. The molecule has 3 rings (SSSR count). The van der Waals surface area contributed by atoms with Gasteiger partial charge in [-0.15, -0.1) is 0 Å². The molecular weight excluding hydrogens is 369 g/mol. The molecule has 2 aromatic carbocycles. The Hall–Kier alpha value is -1.75. The summed E-state index contributed by atoms with van der Waals surface area (Å²) >= 11 is 12.3. The van der Waals surface area contributed by atoms with E-state index in [1.165, 1.54) is 5.69 Å². The number of benzene rings is 2.